The fourth-order valence-electron chi connectivity index (χ4n) is 2.85. The van der Waals surface area contributed by atoms with E-state index in [0.29, 0.717) is 23.1 Å². The number of rotatable bonds is 10. The van der Waals surface area contributed by atoms with Crippen molar-refractivity contribution < 1.29 is 9.59 Å². The second kappa shape index (κ2) is 11.1. The summed E-state index contributed by atoms with van der Waals surface area (Å²) in [5.41, 5.74) is 0.981. The van der Waals surface area contributed by atoms with E-state index in [2.05, 4.69) is 20.4 Å². The summed E-state index contributed by atoms with van der Waals surface area (Å²) in [5.74, 6) is 0.0227. The van der Waals surface area contributed by atoms with Crippen LogP contribution in [-0.2, 0) is 28.9 Å². The van der Waals surface area contributed by atoms with Crippen LogP contribution in [0.2, 0.25) is 0 Å². The largest absolute Gasteiger partial charge is 0.290 e. The molecule has 0 fully saturated rings. The Morgan fingerprint density at radius 2 is 1.32 bits per heavy atom. The van der Waals surface area contributed by atoms with Gasteiger partial charge in [0, 0.05) is 33.4 Å². The van der Waals surface area contributed by atoms with Gasteiger partial charge in [-0.25, -0.2) is 0 Å². The van der Waals surface area contributed by atoms with Crippen LogP contribution >= 0.6 is 22.7 Å². The van der Waals surface area contributed by atoms with Gasteiger partial charge >= 0.3 is 0 Å². The van der Waals surface area contributed by atoms with E-state index < -0.39 is 0 Å². The molecule has 2 amide bonds. The highest BCUT2D eigenvalue weighted by Crippen LogP contribution is 2.23. The normalized spacial score (nSPS) is 10.8. The summed E-state index contributed by atoms with van der Waals surface area (Å²) in [5, 5.41) is 19.8. The van der Waals surface area contributed by atoms with Gasteiger partial charge in [-0.2, -0.15) is 0 Å². The van der Waals surface area contributed by atoms with Gasteiger partial charge in [-0.15, -0.1) is 20.4 Å². The topological polar surface area (TPSA) is 92.2 Å². The summed E-state index contributed by atoms with van der Waals surface area (Å²) in [6.45, 7) is 1.83. The molecule has 0 bridgehead atoms. The first-order chi connectivity index (χ1) is 15.0. The molecule has 31 heavy (non-hydrogen) atoms. The second-order valence-electron chi connectivity index (χ2n) is 7.09. The van der Waals surface area contributed by atoms with Crippen LogP contribution in [0, 0.1) is 0 Å². The average Bonchev–Trinajstić information content (AvgIpc) is 3.45. The molecule has 0 radical (unpaired) electrons. The van der Waals surface area contributed by atoms with Gasteiger partial charge in [0.15, 0.2) is 0 Å². The zero-order valence-corrected chi connectivity index (χ0v) is 19.6. The Labute approximate surface area is 189 Å². The first-order valence-corrected chi connectivity index (χ1v) is 11.8. The number of likely N-dealkylation sites (N-methyl/N-ethyl adjacent to an activating group) is 1. The first kappa shape index (κ1) is 23.0. The number of unbranched alkanes of at least 4 members (excludes halogenated alkanes) is 1. The minimum atomic E-state index is -0.00695. The third-order valence-corrected chi connectivity index (χ3v) is 6.89. The number of carbonyl (C=O) groups is 2. The Morgan fingerprint density at radius 1 is 0.806 bits per heavy atom. The van der Waals surface area contributed by atoms with Crippen molar-refractivity contribution >= 4 is 44.8 Å². The molecule has 3 aromatic rings. The number of nitrogens with zero attached hydrogens (tertiary/aromatic N) is 6. The van der Waals surface area contributed by atoms with Gasteiger partial charge in [0.2, 0.25) is 22.1 Å². The lowest BCUT2D eigenvalue weighted by Gasteiger charge is -2.12. The maximum Gasteiger partial charge on any atom is 0.232 e. The number of hydrogen-bond donors (Lipinski definition) is 0. The molecule has 0 atom stereocenters. The van der Waals surface area contributed by atoms with E-state index in [1.807, 2.05) is 37.3 Å². The molecular formula is C21H26N6O2S2. The third-order valence-electron chi connectivity index (χ3n) is 4.77. The van der Waals surface area contributed by atoms with Crippen molar-refractivity contribution in [1.82, 2.24) is 20.4 Å². The molecule has 0 saturated carbocycles. The highest BCUT2D eigenvalue weighted by molar-refractivity contribution is 7.15. The predicted molar refractivity (Wildman–Crippen MR) is 124 cm³/mol. The summed E-state index contributed by atoms with van der Waals surface area (Å²) in [6.07, 6.45) is 4.29. The lowest BCUT2D eigenvalue weighted by atomic mass is 10.1. The molecule has 3 rings (SSSR count). The van der Waals surface area contributed by atoms with Gasteiger partial charge < -0.3 is 0 Å². The van der Waals surface area contributed by atoms with Crippen LogP contribution in [0.4, 0.5) is 10.3 Å². The SMILES string of the molecule is CCC(=O)N(C)c1nnc(CCCCc2nnc(N(C)C(=O)Cc3ccccc3)s2)s1. The monoisotopic (exact) mass is 458 g/mol. The van der Waals surface area contributed by atoms with E-state index in [4.69, 9.17) is 0 Å². The molecule has 10 heteroatoms. The lowest BCUT2D eigenvalue weighted by Crippen LogP contribution is -2.27. The van der Waals surface area contributed by atoms with Crippen molar-refractivity contribution in [2.24, 2.45) is 0 Å². The number of amides is 2. The number of anilines is 2. The van der Waals surface area contributed by atoms with Gasteiger partial charge in [0.05, 0.1) is 6.42 Å². The fraction of sp³-hybridized carbons (Fsp3) is 0.429. The quantitative estimate of drug-likeness (QED) is 0.432. The predicted octanol–water partition coefficient (Wildman–Crippen LogP) is 3.53. The zero-order chi connectivity index (χ0) is 22.2. The highest BCUT2D eigenvalue weighted by atomic mass is 32.1. The van der Waals surface area contributed by atoms with Crippen molar-refractivity contribution in [3.05, 3.63) is 45.9 Å². The molecule has 2 heterocycles. The van der Waals surface area contributed by atoms with Gasteiger partial charge in [-0.3, -0.25) is 19.4 Å². The van der Waals surface area contributed by atoms with Gasteiger partial charge in [-0.05, 0) is 18.4 Å². The van der Waals surface area contributed by atoms with Crippen LogP contribution < -0.4 is 9.80 Å². The van der Waals surface area contributed by atoms with Crippen molar-refractivity contribution in [1.29, 1.82) is 0 Å². The Morgan fingerprint density at radius 3 is 1.84 bits per heavy atom. The Kier molecular flexibility index (Phi) is 8.19. The molecule has 1 aromatic carbocycles. The molecular weight excluding hydrogens is 432 g/mol. The molecule has 0 unspecified atom stereocenters. The van der Waals surface area contributed by atoms with Crippen LogP contribution in [0.25, 0.3) is 0 Å². The van der Waals surface area contributed by atoms with Crippen LogP contribution in [-0.4, -0.2) is 46.3 Å². The molecule has 2 aromatic heterocycles. The summed E-state index contributed by atoms with van der Waals surface area (Å²) < 4.78 is 0. The molecule has 0 saturated heterocycles. The van der Waals surface area contributed by atoms with E-state index in [1.54, 1.807) is 23.9 Å². The summed E-state index contributed by atoms with van der Waals surface area (Å²) >= 11 is 2.91. The summed E-state index contributed by atoms with van der Waals surface area (Å²) in [7, 11) is 3.47. The van der Waals surface area contributed by atoms with Crippen LogP contribution in [0.3, 0.4) is 0 Å². The molecule has 0 aliphatic heterocycles. The standard InChI is InChI=1S/C21H26N6O2S2/c1-4-18(28)26(2)20-24-22-16(30-20)12-8-9-13-17-23-25-21(31-17)27(3)19(29)14-15-10-6-5-7-11-15/h5-7,10-11H,4,8-9,12-14H2,1-3H3. The van der Waals surface area contributed by atoms with E-state index in [9.17, 15) is 9.59 Å². The van der Waals surface area contributed by atoms with Gasteiger partial charge in [0.1, 0.15) is 10.0 Å². The summed E-state index contributed by atoms with van der Waals surface area (Å²) in [6, 6.07) is 9.68. The van der Waals surface area contributed by atoms with Crippen molar-refractivity contribution in [2.75, 3.05) is 23.9 Å². The van der Waals surface area contributed by atoms with Crippen LogP contribution in [0.15, 0.2) is 30.3 Å². The Hall–Kier alpha value is -2.72. The molecule has 8 nitrogen and oxygen atoms in total. The number of benzene rings is 1. The maximum atomic E-state index is 12.5. The smallest absolute Gasteiger partial charge is 0.232 e. The molecule has 164 valence electrons. The first-order valence-electron chi connectivity index (χ1n) is 10.2. The Balaban J connectivity index is 1.44. The third kappa shape index (κ3) is 6.38. The molecule has 0 spiro atoms. The lowest BCUT2D eigenvalue weighted by molar-refractivity contribution is -0.118. The van der Waals surface area contributed by atoms with Gasteiger partial charge in [-0.1, -0.05) is 59.9 Å². The molecule has 0 N–H and O–H groups in total. The van der Waals surface area contributed by atoms with Gasteiger partial charge in [0.25, 0.3) is 0 Å². The van der Waals surface area contributed by atoms with Crippen LogP contribution in [0.5, 0.6) is 0 Å². The Bertz CT molecular complexity index is 1000. The zero-order valence-electron chi connectivity index (χ0n) is 17.9. The van der Waals surface area contributed by atoms with Crippen molar-refractivity contribution in [3.63, 3.8) is 0 Å². The van der Waals surface area contributed by atoms with Crippen molar-refractivity contribution in [3.8, 4) is 0 Å². The molecule has 0 aliphatic carbocycles. The number of aryl methyl sites for hydroxylation is 2. The van der Waals surface area contributed by atoms with E-state index in [-0.39, 0.29) is 11.8 Å². The summed E-state index contributed by atoms with van der Waals surface area (Å²) in [4.78, 5) is 27.4. The average molecular weight is 459 g/mol. The molecule has 0 aliphatic rings. The minimum absolute atomic E-state index is 0.00695. The number of aromatic nitrogens is 4. The highest BCUT2D eigenvalue weighted by Gasteiger charge is 2.17. The second-order valence-corrected chi connectivity index (χ2v) is 9.17. The minimum Gasteiger partial charge on any atom is -0.290 e. The van der Waals surface area contributed by atoms with E-state index in [0.717, 1.165) is 41.3 Å². The van der Waals surface area contributed by atoms with E-state index >= 15 is 0 Å². The number of carbonyl (C=O) groups excluding carboxylic acids is 2. The number of hydrogen-bond acceptors (Lipinski definition) is 8. The van der Waals surface area contributed by atoms with E-state index in [1.165, 1.54) is 22.7 Å². The van der Waals surface area contributed by atoms with Crippen LogP contribution in [0.1, 0.15) is 41.8 Å². The maximum absolute atomic E-state index is 12.5. The fourth-order valence-corrected chi connectivity index (χ4v) is 4.57. The van der Waals surface area contributed by atoms with Crippen molar-refractivity contribution in [2.45, 2.75) is 45.4 Å².